The van der Waals surface area contributed by atoms with Crippen LogP contribution in [0.1, 0.15) is 106 Å². The van der Waals surface area contributed by atoms with Crippen molar-refractivity contribution in [2.24, 2.45) is 0 Å². The fraction of sp³-hybridized carbons (Fsp3) is 0.543. The molecule has 5 nitrogen and oxygen atoms in total. The average Bonchev–Trinajstić information content (AvgIpc) is 3.75. The van der Waals surface area contributed by atoms with Gasteiger partial charge >= 0.3 is 0 Å². The fourth-order valence-electron chi connectivity index (χ4n) is 5.61. The molecule has 0 radical (unpaired) electrons. The summed E-state index contributed by atoms with van der Waals surface area (Å²) in [6.07, 6.45) is 16.7. The summed E-state index contributed by atoms with van der Waals surface area (Å²) in [5, 5.41) is 2.03. The topological polar surface area (TPSA) is 49.9 Å². The van der Waals surface area contributed by atoms with E-state index in [4.69, 9.17) is 4.43 Å². The van der Waals surface area contributed by atoms with Gasteiger partial charge in [0.2, 0.25) is 0 Å². The van der Waals surface area contributed by atoms with Crippen LogP contribution in [0.2, 0.25) is 19.6 Å². The quantitative estimate of drug-likeness (QED) is 0.0987. The van der Waals surface area contributed by atoms with Crippen molar-refractivity contribution in [2.75, 3.05) is 13.1 Å². The third-order valence-corrected chi connectivity index (χ3v) is 10.4. The number of thiophene rings is 2. The van der Waals surface area contributed by atoms with Gasteiger partial charge in [-0.2, -0.15) is 0 Å². The van der Waals surface area contributed by atoms with Crippen LogP contribution in [0.5, 0.6) is 0 Å². The van der Waals surface area contributed by atoms with Crippen LogP contribution in [-0.2, 0) is 14.0 Å². The Kier molecular flexibility index (Phi) is 12.3. The predicted octanol–water partition coefficient (Wildman–Crippen LogP) is 9.50. The van der Waals surface area contributed by atoms with Gasteiger partial charge in [-0.25, -0.2) is 0 Å². The maximum atomic E-state index is 14.3. The maximum Gasteiger partial charge on any atom is 0.261 e. The number of amides is 2. The summed E-state index contributed by atoms with van der Waals surface area (Å²) in [4.78, 5) is 35.1. The predicted molar refractivity (Wildman–Crippen MR) is 184 cm³/mol. The number of unbranched alkanes of at least 4 members (excludes halogenated alkanes) is 10. The van der Waals surface area contributed by atoms with E-state index in [1.165, 1.54) is 62.7 Å². The van der Waals surface area contributed by atoms with Crippen molar-refractivity contribution in [2.45, 2.75) is 111 Å². The lowest BCUT2D eigenvalue weighted by Crippen LogP contribution is -2.30. The van der Waals surface area contributed by atoms with E-state index in [0.717, 1.165) is 51.7 Å². The molecule has 8 heteroatoms. The monoisotopic (exact) mass is 636 g/mol. The van der Waals surface area contributed by atoms with Crippen LogP contribution in [-0.4, -0.2) is 43.0 Å². The van der Waals surface area contributed by atoms with E-state index in [0.29, 0.717) is 24.2 Å². The smallest absolute Gasteiger partial charge is 0.261 e. The summed E-state index contributed by atoms with van der Waals surface area (Å²) >= 11 is 3.13. The molecule has 4 heterocycles. The minimum atomic E-state index is -1.75. The van der Waals surface area contributed by atoms with Crippen LogP contribution in [0.15, 0.2) is 40.8 Å². The Labute approximate surface area is 268 Å². The third kappa shape index (κ3) is 8.52. The highest BCUT2D eigenvalue weighted by molar-refractivity contribution is 7.13. The second kappa shape index (κ2) is 15.9. The molecule has 0 N–H and O–H groups in total. The molecule has 0 fully saturated rings. The second-order valence-corrected chi connectivity index (χ2v) is 18.9. The SMILES string of the molecule is CCCCCCCCN1C(=O)C2=C(c3ccc(C#CO[Si](C)(C)C)s3)N(CCCCCCCC)C(=O)C2=C1c1cccs1. The Bertz CT molecular complexity index is 1370. The first kappa shape index (κ1) is 33.3. The molecule has 0 spiro atoms. The molecule has 0 atom stereocenters. The van der Waals surface area contributed by atoms with E-state index in [9.17, 15) is 9.59 Å². The minimum Gasteiger partial charge on any atom is -0.501 e. The van der Waals surface area contributed by atoms with E-state index < -0.39 is 8.32 Å². The van der Waals surface area contributed by atoms with Gasteiger partial charge in [-0.3, -0.25) is 9.59 Å². The molecule has 2 aromatic rings. The maximum absolute atomic E-state index is 14.3. The Balaban J connectivity index is 1.68. The lowest BCUT2D eigenvalue weighted by molar-refractivity contribution is -0.124. The van der Waals surface area contributed by atoms with Gasteiger partial charge in [0.1, 0.15) is 6.11 Å². The van der Waals surface area contributed by atoms with Crippen molar-refractivity contribution >= 4 is 54.2 Å². The second-order valence-electron chi connectivity index (χ2n) is 12.5. The van der Waals surface area contributed by atoms with Crippen LogP contribution in [0, 0.1) is 12.0 Å². The number of carbonyl (C=O) groups is 2. The van der Waals surface area contributed by atoms with Crippen molar-refractivity contribution in [1.82, 2.24) is 9.80 Å². The summed E-state index contributed by atoms with van der Waals surface area (Å²) in [5.74, 6) is 3.08. The molecule has 0 saturated heterocycles. The van der Waals surface area contributed by atoms with Gasteiger partial charge in [-0.15, -0.1) is 22.7 Å². The van der Waals surface area contributed by atoms with Crippen molar-refractivity contribution in [3.63, 3.8) is 0 Å². The van der Waals surface area contributed by atoms with Gasteiger partial charge in [-0.05, 0) is 62.0 Å². The summed E-state index contributed by atoms with van der Waals surface area (Å²) in [6, 6.07) is 8.05. The molecule has 2 amide bonds. The number of nitrogens with zero attached hydrogens (tertiary/aromatic N) is 2. The molecule has 4 rings (SSSR count). The zero-order chi connectivity index (χ0) is 30.8. The van der Waals surface area contributed by atoms with Crippen LogP contribution in [0.3, 0.4) is 0 Å². The Morgan fingerprint density at radius 3 is 1.77 bits per heavy atom. The number of fused-ring (bicyclic) bond motifs is 1. The summed E-state index contributed by atoms with van der Waals surface area (Å²) in [7, 11) is -1.75. The molecule has 2 aromatic heterocycles. The van der Waals surface area contributed by atoms with Crippen molar-refractivity contribution < 1.29 is 14.0 Å². The zero-order valence-corrected chi connectivity index (χ0v) is 29.4. The van der Waals surface area contributed by atoms with Crippen LogP contribution in [0.25, 0.3) is 11.4 Å². The molecule has 2 aliphatic heterocycles. The van der Waals surface area contributed by atoms with E-state index >= 15 is 0 Å². The van der Waals surface area contributed by atoms with Crippen molar-refractivity contribution in [3.05, 3.63) is 55.4 Å². The van der Waals surface area contributed by atoms with Crippen molar-refractivity contribution in [3.8, 4) is 12.0 Å². The molecular weight excluding hydrogens is 589 g/mol. The summed E-state index contributed by atoms with van der Waals surface area (Å²) in [6.45, 7) is 12.0. The van der Waals surface area contributed by atoms with E-state index in [1.807, 2.05) is 39.4 Å². The lowest BCUT2D eigenvalue weighted by Gasteiger charge is -2.24. The molecule has 43 heavy (non-hydrogen) atoms. The van der Waals surface area contributed by atoms with Gasteiger partial charge in [0.05, 0.1) is 37.2 Å². The standard InChI is InChI=1S/C35H48N2O3S2Si/c1-6-8-10-12-14-16-23-36-32(28-19-18-26-41-28)30-31(35(36)39)33(37(34(30)38)24-17-15-13-11-9-7-2)29-21-20-27(42-29)22-25-40-43(3,4)5/h18-21,26H,6-17,23-24H2,1-5H3. The molecule has 0 aromatic carbocycles. The first-order valence-electron chi connectivity index (χ1n) is 16.2. The normalized spacial score (nSPS) is 15.1. The summed E-state index contributed by atoms with van der Waals surface area (Å²) < 4.78 is 5.76. The average molecular weight is 637 g/mol. The number of rotatable bonds is 17. The largest absolute Gasteiger partial charge is 0.501 e. The Morgan fingerprint density at radius 2 is 1.26 bits per heavy atom. The number of hydrogen-bond donors (Lipinski definition) is 0. The van der Waals surface area contributed by atoms with Gasteiger partial charge in [-0.1, -0.05) is 84.1 Å². The highest BCUT2D eigenvalue weighted by atomic mass is 32.1. The lowest BCUT2D eigenvalue weighted by atomic mass is 10.1. The van der Waals surface area contributed by atoms with Gasteiger partial charge < -0.3 is 14.2 Å². The van der Waals surface area contributed by atoms with Crippen molar-refractivity contribution in [1.29, 1.82) is 0 Å². The molecule has 0 saturated carbocycles. The van der Waals surface area contributed by atoms with Gasteiger partial charge in [0.25, 0.3) is 20.1 Å². The highest BCUT2D eigenvalue weighted by Gasteiger charge is 2.49. The molecule has 232 valence electrons. The van der Waals surface area contributed by atoms with E-state index in [-0.39, 0.29) is 11.8 Å². The molecule has 2 aliphatic rings. The van der Waals surface area contributed by atoms with Crippen LogP contribution >= 0.6 is 22.7 Å². The van der Waals surface area contributed by atoms with Gasteiger partial charge in [0, 0.05) is 13.1 Å². The Morgan fingerprint density at radius 1 is 0.721 bits per heavy atom. The zero-order valence-electron chi connectivity index (χ0n) is 26.7. The summed E-state index contributed by atoms with van der Waals surface area (Å²) in [5.41, 5.74) is 2.73. The first-order valence-corrected chi connectivity index (χ1v) is 21.3. The molecule has 0 unspecified atom stereocenters. The number of carbonyl (C=O) groups excluding carboxylic acids is 2. The molecule has 0 aliphatic carbocycles. The van der Waals surface area contributed by atoms with Crippen LogP contribution in [0.4, 0.5) is 0 Å². The van der Waals surface area contributed by atoms with Gasteiger partial charge in [0.15, 0.2) is 0 Å². The fourth-order valence-corrected chi connectivity index (χ4v) is 7.66. The first-order chi connectivity index (χ1) is 20.8. The molecular formula is C35H48N2O3S2Si. The number of hydrogen-bond acceptors (Lipinski definition) is 5. The minimum absolute atomic E-state index is 0.0381. The van der Waals surface area contributed by atoms with Crippen LogP contribution < -0.4 is 0 Å². The van der Waals surface area contributed by atoms with E-state index in [1.54, 1.807) is 11.3 Å². The highest BCUT2D eigenvalue weighted by Crippen LogP contribution is 2.48. The third-order valence-electron chi connectivity index (χ3n) is 7.78. The Hall–Kier alpha value is -2.60. The molecule has 0 bridgehead atoms. The van der Waals surface area contributed by atoms with E-state index in [2.05, 4.69) is 45.5 Å².